The number of benzene rings is 2. The second-order valence-electron chi connectivity index (χ2n) is 5.52. The van der Waals surface area contributed by atoms with Crippen molar-refractivity contribution in [3.63, 3.8) is 0 Å². The number of rotatable bonds is 5. The molecule has 3 heteroatoms. The van der Waals surface area contributed by atoms with Crippen LogP contribution in [0.25, 0.3) is 11.0 Å². The fourth-order valence-electron chi connectivity index (χ4n) is 2.55. The largest absolute Gasteiger partial charge is 0.464 e. The summed E-state index contributed by atoms with van der Waals surface area (Å²) >= 11 is 0. The molecule has 0 saturated carbocycles. The van der Waals surface area contributed by atoms with Gasteiger partial charge in [0.1, 0.15) is 5.58 Å². The Kier molecular flexibility index (Phi) is 4.24. The highest BCUT2D eigenvalue weighted by Gasteiger charge is 2.10. The predicted molar refractivity (Wildman–Crippen MR) is 87.8 cm³/mol. The number of hydrogen-bond acceptors (Lipinski definition) is 2. The standard InChI is InChI=1S/C19H19NO2/c1-14-7-8-17-16(13-22-18(17)11-14)12-19(21)20-10-9-15-5-3-2-4-6-15/h2-8,11,13H,9-10,12H2,1H3,(H,20,21). The third kappa shape index (κ3) is 3.37. The Morgan fingerprint density at radius 2 is 1.95 bits per heavy atom. The lowest BCUT2D eigenvalue weighted by molar-refractivity contribution is -0.120. The average Bonchev–Trinajstić information content (AvgIpc) is 2.90. The summed E-state index contributed by atoms with van der Waals surface area (Å²) in [4.78, 5) is 12.1. The molecule has 1 amide bonds. The number of carbonyl (C=O) groups is 1. The molecule has 0 unspecified atom stereocenters. The van der Waals surface area contributed by atoms with Crippen molar-refractivity contribution in [1.29, 1.82) is 0 Å². The molecule has 112 valence electrons. The molecule has 3 aromatic rings. The van der Waals surface area contributed by atoms with Crippen molar-refractivity contribution in [3.05, 3.63) is 71.5 Å². The van der Waals surface area contributed by atoms with Crippen molar-refractivity contribution >= 4 is 16.9 Å². The van der Waals surface area contributed by atoms with Gasteiger partial charge in [-0.1, -0.05) is 42.5 Å². The molecule has 22 heavy (non-hydrogen) atoms. The van der Waals surface area contributed by atoms with Gasteiger partial charge < -0.3 is 9.73 Å². The van der Waals surface area contributed by atoms with Crippen molar-refractivity contribution in [2.75, 3.05) is 6.54 Å². The Labute approximate surface area is 130 Å². The number of carbonyl (C=O) groups excluding carboxylic acids is 1. The third-order valence-electron chi connectivity index (χ3n) is 3.74. The fourth-order valence-corrected chi connectivity index (χ4v) is 2.55. The van der Waals surface area contributed by atoms with Crippen molar-refractivity contribution in [1.82, 2.24) is 5.32 Å². The van der Waals surface area contributed by atoms with Crippen molar-refractivity contribution < 1.29 is 9.21 Å². The van der Waals surface area contributed by atoms with Gasteiger partial charge in [-0.15, -0.1) is 0 Å². The molecule has 1 N–H and O–H groups in total. The predicted octanol–water partition coefficient (Wildman–Crippen LogP) is 3.64. The summed E-state index contributed by atoms with van der Waals surface area (Å²) in [6.07, 6.45) is 2.88. The van der Waals surface area contributed by atoms with Gasteiger partial charge in [-0.25, -0.2) is 0 Å². The summed E-state index contributed by atoms with van der Waals surface area (Å²) in [5.74, 6) is 0.0270. The number of amides is 1. The molecule has 0 bridgehead atoms. The number of fused-ring (bicyclic) bond motifs is 1. The Hall–Kier alpha value is -2.55. The number of aryl methyl sites for hydroxylation is 1. The van der Waals surface area contributed by atoms with Gasteiger partial charge in [0.15, 0.2) is 0 Å². The molecule has 0 radical (unpaired) electrons. The smallest absolute Gasteiger partial charge is 0.224 e. The van der Waals surface area contributed by atoms with E-state index in [0.29, 0.717) is 13.0 Å². The molecule has 3 nitrogen and oxygen atoms in total. The summed E-state index contributed by atoms with van der Waals surface area (Å²) in [6, 6.07) is 16.2. The van der Waals surface area contributed by atoms with Crippen molar-refractivity contribution in [2.45, 2.75) is 19.8 Å². The topological polar surface area (TPSA) is 42.2 Å². The highest BCUT2D eigenvalue weighted by molar-refractivity contribution is 5.87. The summed E-state index contributed by atoms with van der Waals surface area (Å²) in [5.41, 5.74) is 4.16. The summed E-state index contributed by atoms with van der Waals surface area (Å²) in [6.45, 7) is 2.68. The van der Waals surface area contributed by atoms with Crippen LogP contribution in [0.4, 0.5) is 0 Å². The lowest BCUT2D eigenvalue weighted by Gasteiger charge is -2.04. The zero-order valence-electron chi connectivity index (χ0n) is 12.6. The van der Waals surface area contributed by atoms with Gasteiger partial charge in [0.2, 0.25) is 5.91 Å². The van der Waals surface area contributed by atoms with E-state index in [1.807, 2.05) is 43.3 Å². The number of nitrogens with one attached hydrogen (secondary N) is 1. The van der Waals surface area contributed by atoms with Crippen LogP contribution in [0.15, 0.2) is 59.2 Å². The zero-order valence-corrected chi connectivity index (χ0v) is 12.6. The minimum absolute atomic E-state index is 0.0270. The van der Waals surface area contributed by atoms with E-state index in [0.717, 1.165) is 28.5 Å². The minimum atomic E-state index is 0.0270. The molecule has 1 aromatic heterocycles. The molecule has 0 fully saturated rings. The Bertz CT molecular complexity index is 774. The second kappa shape index (κ2) is 6.48. The van der Waals surface area contributed by atoms with Gasteiger partial charge in [-0.3, -0.25) is 4.79 Å². The molecule has 0 atom stereocenters. The van der Waals surface area contributed by atoms with Crippen LogP contribution in [-0.4, -0.2) is 12.5 Å². The van der Waals surface area contributed by atoms with Crippen molar-refractivity contribution in [3.8, 4) is 0 Å². The van der Waals surface area contributed by atoms with E-state index in [9.17, 15) is 4.79 Å². The first kappa shape index (κ1) is 14.4. The Morgan fingerprint density at radius 1 is 1.14 bits per heavy atom. The maximum atomic E-state index is 12.1. The van der Waals surface area contributed by atoms with E-state index in [-0.39, 0.29) is 5.91 Å². The maximum absolute atomic E-state index is 12.1. The molecule has 0 spiro atoms. The lowest BCUT2D eigenvalue weighted by atomic mass is 10.1. The molecule has 2 aromatic carbocycles. The first-order valence-electron chi connectivity index (χ1n) is 7.50. The Morgan fingerprint density at radius 3 is 2.77 bits per heavy atom. The van der Waals surface area contributed by atoms with Crippen LogP contribution in [0.1, 0.15) is 16.7 Å². The summed E-state index contributed by atoms with van der Waals surface area (Å²) < 4.78 is 5.52. The van der Waals surface area contributed by atoms with Gasteiger partial charge >= 0.3 is 0 Å². The van der Waals surface area contributed by atoms with E-state index >= 15 is 0 Å². The summed E-state index contributed by atoms with van der Waals surface area (Å²) in [5, 5.41) is 3.98. The van der Waals surface area contributed by atoms with Crippen LogP contribution in [0.5, 0.6) is 0 Å². The summed E-state index contributed by atoms with van der Waals surface area (Å²) in [7, 11) is 0. The Balaban J connectivity index is 1.57. The van der Waals surface area contributed by atoms with E-state index in [2.05, 4.69) is 17.4 Å². The van der Waals surface area contributed by atoms with E-state index in [1.54, 1.807) is 6.26 Å². The number of hydrogen-bond donors (Lipinski definition) is 1. The minimum Gasteiger partial charge on any atom is -0.464 e. The highest BCUT2D eigenvalue weighted by Crippen LogP contribution is 2.22. The lowest BCUT2D eigenvalue weighted by Crippen LogP contribution is -2.27. The maximum Gasteiger partial charge on any atom is 0.224 e. The van der Waals surface area contributed by atoms with Crippen LogP contribution in [0.3, 0.4) is 0 Å². The molecule has 0 saturated heterocycles. The average molecular weight is 293 g/mol. The van der Waals surface area contributed by atoms with Crippen LogP contribution in [0.2, 0.25) is 0 Å². The molecule has 3 rings (SSSR count). The van der Waals surface area contributed by atoms with Crippen LogP contribution in [0, 0.1) is 6.92 Å². The third-order valence-corrected chi connectivity index (χ3v) is 3.74. The molecule has 0 aliphatic heterocycles. The molecule has 0 aliphatic carbocycles. The normalized spacial score (nSPS) is 10.8. The van der Waals surface area contributed by atoms with Gasteiger partial charge in [0.05, 0.1) is 12.7 Å². The fraction of sp³-hybridized carbons (Fsp3) is 0.211. The SMILES string of the molecule is Cc1ccc2c(CC(=O)NCCc3ccccc3)coc2c1. The monoisotopic (exact) mass is 293 g/mol. The number of furan rings is 1. The molecule has 1 heterocycles. The highest BCUT2D eigenvalue weighted by atomic mass is 16.3. The quantitative estimate of drug-likeness (QED) is 0.780. The molecular formula is C19H19NO2. The van der Waals surface area contributed by atoms with Gasteiger partial charge in [0.25, 0.3) is 0 Å². The van der Waals surface area contributed by atoms with E-state index in [4.69, 9.17) is 4.42 Å². The van der Waals surface area contributed by atoms with Gasteiger partial charge in [0, 0.05) is 17.5 Å². The molecular weight excluding hydrogens is 274 g/mol. The second-order valence-corrected chi connectivity index (χ2v) is 5.52. The van der Waals surface area contributed by atoms with E-state index < -0.39 is 0 Å². The zero-order chi connectivity index (χ0) is 15.4. The van der Waals surface area contributed by atoms with Crippen LogP contribution < -0.4 is 5.32 Å². The van der Waals surface area contributed by atoms with Gasteiger partial charge in [-0.05, 0) is 30.5 Å². The van der Waals surface area contributed by atoms with E-state index in [1.165, 1.54) is 5.56 Å². The van der Waals surface area contributed by atoms with Crippen molar-refractivity contribution in [2.24, 2.45) is 0 Å². The molecule has 0 aliphatic rings. The van der Waals surface area contributed by atoms with Gasteiger partial charge in [-0.2, -0.15) is 0 Å². The first-order valence-corrected chi connectivity index (χ1v) is 7.50. The van der Waals surface area contributed by atoms with Crippen LogP contribution in [-0.2, 0) is 17.6 Å². The first-order chi connectivity index (χ1) is 10.7. The van der Waals surface area contributed by atoms with Crippen LogP contribution >= 0.6 is 0 Å².